The van der Waals surface area contributed by atoms with Gasteiger partial charge in [-0.1, -0.05) is 27.7 Å². The van der Waals surface area contributed by atoms with Crippen molar-refractivity contribution in [3.05, 3.63) is 0 Å². The van der Waals surface area contributed by atoms with Crippen LogP contribution in [0.25, 0.3) is 0 Å². The van der Waals surface area contributed by atoms with Crippen molar-refractivity contribution < 1.29 is 139 Å². The average Bonchev–Trinajstić information content (AvgIpc) is 2.03. The summed E-state index contributed by atoms with van der Waals surface area (Å²) in [7, 11) is 0. The summed E-state index contributed by atoms with van der Waals surface area (Å²) in [6.45, 7) is 5.80. The molecule has 11 fully saturated rings. The van der Waals surface area contributed by atoms with Crippen molar-refractivity contribution >= 4 is 0 Å². The van der Waals surface area contributed by atoms with Crippen molar-refractivity contribution in [2.24, 2.45) is 52.3 Å². The van der Waals surface area contributed by atoms with Gasteiger partial charge in [0.05, 0.1) is 51.8 Å². The summed E-state index contributed by atoms with van der Waals surface area (Å²) < 4.78 is 74.2. The van der Waals surface area contributed by atoms with E-state index < -0.39 is 198 Å². The van der Waals surface area contributed by atoms with Crippen molar-refractivity contribution in [2.45, 2.75) is 257 Å². The lowest BCUT2D eigenvalue weighted by Gasteiger charge is -2.61. The Hall–Kier alpha value is -1.12. The van der Waals surface area contributed by atoms with E-state index in [1.165, 1.54) is 0 Å². The maximum absolute atomic E-state index is 11.9. The third-order valence-corrected chi connectivity index (χ3v) is 22.1. The summed E-state index contributed by atoms with van der Waals surface area (Å²) >= 11 is 0. The number of hydrogen-bond acceptors (Lipinski definition) is 28. The molecule has 0 aromatic heterocycles. The van der Waals surface area contributed by atoms with Gasteiger partial charge in [0.1, 0.15) is 122 Å². The second-order valence-electron chi connectivity index (χ2n) is 26.8. The first-order valence-electron chi connectivity index (χ1n) is 30.4. The van der Waals surface area contributed by atoms with Crippen molar-refractivity contribution in [3.63, 3.8) is 0 Å². The van der Waals surface area contributed by atoms with Gasteiger partial charge in [0, 0.05) is 5.92 Å². The largest absolute Gasteiger partial charge is 0.394 e. The van der Waals surface area contributed by atoms with E-state index in [-0.39, 0.29) is 40.6 Å². The number of aliphatic hydroxyl groups is 16. The molecule has 0 aromatic rings. The quantitative estimate of drug-likeness (QED) is 0.0722. The van der Waals surface area contributed by atoms with Crippen LogP contribution in [0.5, 0.6) is 0 Å². The van der Waals surface area contributed by atoms with E-state index in [9.17, 15) is 81.7 Å². The van der Waals surface area contributed by atoms with Crippen LogP contribution in [0.2, 0.25) is 0 Å². The highest BCUT2D eigenvalue weighted by Crippen LogP contribution is 2.72. The van der Waals surface area contributed by atoms with E-state index in [0.717, 1.165) is 38.5 Å². The number of fused-ring (bicyclic) bond motifs is 7. The smallest absolute Gasteiger partial charge is 0.198 e. The van der Waals surface area contributed by atoms with E-state index in [1.54, 1.807) is 0 Å². The SMILES string of the molecule is CC1COC2(OC3CC4C5CCC6CC(OC7OC(CO)C(OC8OC(CO)C(O)C(OC9OCC(O)C(O)C9O)C8OC8OC(CO)C(O)C(O)C8O)C(O)C7O)CCC6(C)C5CCC4(C)C3C2C)C(OC2OC(CO)C(O)C(O)C2O)C1. The summed E-state index contributed by atoms with van der Waals surface area (Å²) in [5, 5.41) is 172. The lowest BCUT2D eigenvalue weighted by Crippen LogP contribution is -2.68. The van der Waals surface area contributed by atoms with Crippen LogP contribution in [-0.2, 0) is 56.8 Å². The van der Waals surface area contributed by atoms with Crippen LogP contribution >= 0.6 is 0 Å². The molecule has 11 aliphatic rings. The molecule has 7 saturated heterocycles. The van der Waals surface area contributed by atoms with Gasteiger partial charge in [0.25, 0.3) is 0 Å². The summed E-state index contributed by atoms with van der Waals surface area (Å²) in [6.07, 6.45) is -34.5. The first kappa shape index (κ1) is 64.4. The Balaban J connectivity index is 0.747. The Labute approximate surface area is 486 Å². The fraction of sp³-hybridized carbons (Fsp3) is 1.00. The van der Waals surface area contributed by atoms with Gasteiger partial charge in [-0.3, -0.25) is 0 Å². The summed E-state index contributed by atoms with van der Waals surface area (Å²) in [6, 6.07) is 0. The Morgan fingerprint density at radius 2 is 1.00 bits per heavy atom. The van der Waals surface area contributed by atoms with Gasteiger partial charge in [-0.2, -0.15) is 0 Å². The first-order valence-corrected chi connectivity index (χ1v) is 30.4. The predicted octanol–water partition coefficient (Wildman–Crippen LogP) is -5.48. The molecule has 4 aliphatic carbocycles. The van der Waals surface area contributed by atoms with E-state index in [2.05, 4.69) is 20.8 Å². The number of hydrogen-bond donors (Lipinski definition) is 16. The highest BCUT2D eigenvalue weighted by molar-refractivity contribution is 5.17. The van der Waals surface area contributed by atoms with Crippen LogP contribution in [0, 0.1) is 52.3 Å². The normalized spacial score (nSPS) is 57.7. The fourth-order valence-corrected chi connectivity index (χ4v) is 17.5. The monoisotopic (exact) mass is 1210 g/mol. The Morgan fingerprint density at radius 3 is 1.65 bits per heavy atom. The van der Waals surface area contributed by atoms with Crippen molar-refractivity contribution in [2.75, 3.05) is 39.6 Å². The molecular formula is C56H92O28. The standard InChI is InChI=1S/C56H92O28/c1-20-11-33(80-51-43(70)39(66)36(63)29(14-57)76-51)56(74-18-20)21(2)34-28(84-56)13-26-24-6-5-22-12-23(7-9-54(22,3)25(24)8-10-55(26,34)4)75-50-45(72)41(68)46(32(17-60)79-50)81-53-48(83-52-44(71)40(67)37(64)30(15-58)77-52)47(38(65)31(16-59)78-53)82-49-42(69)35(62)27(61)19-73-49/h20-53,57-72H,5-19H2,1-4H3. The zero-order valence-electron chi connectivity index (χ0n) is 47.8. The maximum atomic E-state index is 11.9. The maximum Gasteiger partial charge on any atom is 0.198 e. The number of rotatable bonds is 14. The lowest BCUT2D eigenvalue weighted by molar-refractivity contribution is -0.404. The molecule has 37 unspecified atom stereocenters. The molecule has 0 aromatic carbocycles. The summed E-state index contributed by atoms with van der Waals surface area (Å²) in [5.41, 5.74) is -0.126. The minimum Gasteiger partial charge on any atom is -0.394 e. The molecule has 4 saturated carbocycles. The molecule has 28 nitrogen and oxygen atoms in total. The lowest BCUT2D eigenvalue weighted by atomic mass is 9.44. The minimum absolute atomic E-state index is 0.0430. The minimum atomic E-state index is -2.03. The zero-order valence-corrected chi connectivity index (χ0v) is 47.8. The summed E-state index contributed by atoms with van der Waals surface area (Å²) in [5.74, 6) is 0.438. The third kappa shape index (κ3) is 11.1. The van der Waals surface area contributed by atoms with Crippen molar-refractivity contribution in [3.8, 4) is 0 Å². The fourth-order valence-electron chi connectivity index (χ4n) is 17.5. The van der Waals surface area contributed by atoms with Gasteiger partial charge in [0.2, 0.25) is 0 Å². The highest BCUT2D eigenvalue weighted by atomic mass is 16.8. The number of ether oxygens (including phenoxy) is 12. The molecule has 16 N–H and O–H groups in total. The highest BCUT2D eigenvalue weighted by Gasteiger charge is 2.72. The van der Waals surface area contributed by atoms with Crippen LogP contribution in [0.1, 0.15) is 85.5 Å². The molecule has 7 heterocycles. The van der Waals surface area contributed by atoms with Crippen molar-refractivity contribution in [1.29, 1.82) is 0 Å². The number of aliphatic hydroxyl groups excluding tert-OH is 16. The van der Waals surface area contributed by atoms with E-state index in [1.807, 2.05) is 6.92 Å². The van der Waals surface area contributed by atoms with Crippen LogP contribution in [0.3, 0.4) is 0 Å². The predicted molar refractivity (Wildman–Crippen MR) is 276 cm³/mol. The second kappa shape index (κ2) is 25.2. The first-order chi connectivity index (χ1) is 39.9. The molecule has 7 aliphatic heterocycles. The van der Waals surface area contributed by atoms with Crippen LogP contribution < -0.4 is 0 Å². The van der Waals surface area contributed by atoms with E-state index in [0.29, 0.717) is 43.6 Å². The Kier molecular flexibility index (Phi) is 19.3. The molecule has 11 rings (SSSR count). The van der Waals surface area contributed by atoms with Crippen LogP contribution in [-0.4, -0.2) is 293 Å². The molecular weight excluding hydrogens is 1120 g/mol. The zero-order chi connectivity index (χ0) is 60.2. The molecule has 484 valence electrons. The Bertz CT molecular complexity index is 2190. The van der Waals surface area contributed by atoms with Gasteiger partial charge >= 0.3 is 0 Å². The summed E-state index contributed by atoms with van der Waals surface area (Å²) in [4.78, 5) is 0. The molecule has 37 atom stereocenters. The molecule has 0 amide bonds. The van der Waals surface area contributed by atoms with Gasteiger partial charge in [-0.25, -0.2) is 0 Å². The van der Waals surface area contributed by atoms with Crippen LogP contribution in [0.15, 0.2) is 0 Å². The van der Waals surface area contributed by atoms with Gasteiger partial charge in [0.15, 0.2) is 37.2 Å². The molecule has 0 radical (unpaired) electrons. The van der Waals surface area contributed by atoms with E-state index in [4.69, 9.17) is 56.8 Å². The van der Waals surface area contributed by atoms with Crippen molar-refractivity contribution in [1.82, 2.24) is 0 Å². The molecule has 84 heavy (non-hydrogen) atoms. The Morgan fingerprint density at radius 1 is 0.452 bits per heavy atom. The topological polar surface area (TPSA) is 434 Å². The third-order valence-electron chi connectivity index (χ3n) is 22.1. The van der Waals surface area contributed by atoms with Crippen LogP contribution in [0.4, 0.5) is 0 Å². The molecule has 28 heteroatoms. The van der Waals surface area contributed by atoms with Gasteiger partial charge in [-0.15, -0.1) is 0 Å². The second-order valence-corrected chi connectivity index (χ2v) is 26.8. The van der Waals surface area contributed by atoms with Gasteiger partial charge in [-0.05, 0) is 104 Å². The van der Waals surface area contributed by atoms with Gasteiger partial charge < -0.3 is 139 Å². The van der Waals surface area contributed by atoms with E-state index >= 15 is 0 Å². The average molecular weight is 1210 g/mol. The molecule has 0 bridgehead atoms. The molecule has 1 spiro atoms.